The normalized spacial score (nSPS) is 46.0. The maximum absolute atomic E-state index is 10.8. The molecule has 1 spiro atoms. The van der Waals surface area contributed by atoms with Gasteiger partial charge in [0, 0.05) is 5.41 Å². The lowest BCUT2D eigenvalue weighted by Gasteiger charge is -2.47. The fraction of sp³-hybridized carbons (Fsp3) is 0.846. The van der Waals surface area contributed by atoms with Gasteiger partial charge in [0.05, 0.1) is 5.60 Å². The van der Waals surface area contributed by atoms with Crippen molar-refractivity contribution in [2.24, 2.45) is 10.8 Å². The Kier molecular flexibility index (Phi) is 2.08. The van der Waals surface area contributed by atoms with Gasteiger partial charge in [-0.3, -0.25) is 0 Å². The van der Waals surface area contributed by atoms with Crippen LogP contribution in [0.2, 0.25) is 0 Å². The topological polar surface area (TPSA) is 20.2 Å². The number of hydrogen-bond acceptors (Lipinski definition) is 1. The van der Waals surface area contributed by atoms with Crippen LogP contribution in [0.5, 0.6) is 0 Å². The monoisotopic (exact) mass is 194 g/mol. The summed E-state index contributed by atoms with van der Waals surface area (Å²) in [5.74, 6) is 0. The van der Waals surface area contributed by atoms with Gasteiger partial charge in [-0.05, 0) is 44.4 Å². The summed E-state index contributed by atoms with van der Waals surface area (Å²) >= 11 is 0. The quantitative estimate of drug-likeness (QED) is 0.587. The molecule has 2 aliphatic carbocycles. The van der Waals surface area contributed by atoms with Crippen molar-refractivity contribution in [1.29, 1.82) is 0 Å². The fourth-order valence-electron chi connectivity index (χ4n) is 3.31. The Balaban J connectivity index is 2.34. The summed E-state index contributed by atoms with van der Waals surface area (Å²) in [7, 11) is 0. The van der Waals surface area contributed by atoms with E-state index in [-0.39, 0.29) is 10.8 Å². The molecule has 1 fully saturated rings. The van der Waals surface area contributed by atoms with Gasteiger partial charge in [0.25, 0.3) is 0 Å². The Hall–Kier alpha value is -0.300. The van der Waals surface area contributed by atoms with Crippen molar-refractivity contribution in [3.8, 4) is 0 Å². The zero-order valence-electron chi connectivity index (χ0n) is 9.64. The lowest BCUT2D eigenvalue weighted by Crippen LogP contribution is -2.49. The van der Waals surface area contributed by atoms with E-state index in [2.05, 4.69) is 32.9 Å². The van der Waals surface area contributed by atoms with E-state index in [0.29, 0.717) is 0 Å². The first-order valence-electron chi connectivity index (χ1n) is 5.79. The molecule has 2 aliphatic rings. The van der Waals surface area contributed by atoms with Crippen LogP contribution in [0.3, 0.4) is 0 Å². The summed E-state index contributed by atoms with van der Waals surface area (Å²) in [6.45, 7) is 6.47. The second kappa shape index (κ2) is 2.85. The van der Waals surface area contributed by atoms with Crippen molar-refractivity contribution < 1.29 is 5.11 Å². The van der Waals surface area contributed by atoms with Gasteiger partial charge in [-0.15, -0.1) is 0 Å². The Morgan fingerprint density at radius 3 is 2.14 bits per heavy atom. The van der Waals surface area contributed by atoms with Gasteiger partial charge >= 0.3 is 0 Å². The third-order valence-corrected chi connectivity index (χ3v) is 5.04. The highest BCUT2D eigenvalue weighted by Gasteiger charge is 2.59. The molecule has 14 heavy (non-hydrogen) atoms. The van der Waals surface area contributed by atoms with Crippen molar-refractivity contribution in [3.63, 3.8) is 0 Å². The molecule has 0 aromatic heterocycles. The summed E-state index contributed by atoms with van der Waals surface area (Å²) in [5.41, 5.74) is -0.242. The molecule has 0 aliphatic heterocycles. The molecular weight excluding hydrogens is 172 g/mol. The zero-order chi connectivity index (χ0) is 10.4. The van der Waals surface area contributed by atoms with Gasteiger partial charge in [-0.25, -0.2) is 0 Å². The van der Waals surface area contributed by atoms with Gasteiger partial charge in [-0.2, -0.15) is 0 Å². The van der Waals surface area contributed by atoms with E-state index in [1.165, 1.54) is 12.8 Å². The van der Waals surface area contributed by atoms with Crippen LogP contribution in [-0.4, -0.2) is 10.7 Å². The van der Waals surface area contributed by atoms with Gasteiger partial charge in [-0.1, -0.05) is 26.0 Å². The molecule has 2 unspecified atom stereocenters. The third kappa shape index (κ3) is 1.11. The Morgan fingerprint density at radius 2 is 1.71 bits per heavy atom. The van der Waals surface area contributed by atoms with Gasteiger partial charge in [0.2, 0.25) is 0 Å². The van der Waals surface area contributed by atoms with E-state index in [9.17, 15) is 5.11 Å². The van der Waals surface area contributed by atoms with E-state index in [0.717, 1.165) is 19.3 Å². The molecule has 80 valence electrons. The number of aliphatic hydroxyl groups is 1. The maximum atomic E-state index is 10.8. The van der Waals surface area contributed by atoms with Gasteiger partial charge in [0.1, 0.15) is 0 Å². The van der Waals surface area contributed by atoms with E-state index in [4.69, 9.17) is 0 Å². The van der Waals surface area contributed by atoms with Crippen molar-refractivity contribution in [3.05, 3.63) is 12.2 Å². The lowest BCUT2D eigenvalue weighted by molar-refractivity contribution is -0.112. The molecule has 2 rings (SSSR count). The fourth-order valence-corrected chi connectivity index (χ4v) is 3.31. The van der Waals surface area contributed by atoms with Crippen LogP contribution in [0.1, 0.15) is 52.9 Å². The molecule has 0 radical (unpaired) electrons. The van der Waals surface area contributed by atoms with E-state index < -0.39 is 5.60 Å². The standard InChI is InChI=1S/C13H22O/c1-11(2)9-10-13(12(11,3)14)7-5-4-6-8-13/h4-5,14H,6-10H2,1-3H3. The average Bonchev–Trinajstić information content (AvgIpc) is 2.30. The van der Waals surface area contributed by atoms with Crippen LogP contribution < -0.4 is 0 Å². The number of allylic oxidation sites excluding steroid dienone is 2. The van der Waals surface area contributed by atoms with Crippen LogP contribution in [0.4, 0.5) is 0 Å². The highest BCUT2D eigenvalue weighted by Crippen LogP contribution is 2.61. The molecule has 0 bridgehead atoms. The molecule has 0 heterocycles. The van der Waals surface area contributed by atoms with E-state index in [1.54, 1.807) is 0 Å². The molecule has 1 saturated carbocycles. The van der Waals surface area contributed by atoms with Gasteiger partial charge in [0.15, 0.2) is 0 Å². The zero-order valence-corrected chi connectivity index (χ0v) is 9.64. The van der Waals surface area contributed by atoms with Crippen molar-refractivity contribution in [2.75, 3.05) is 0 Å². The van der Waals surface area contributed by atoms with Crippen LogP contribution in [0.25, 0.3) is 0 Å². The maximum Gasteiger partial charge on any atom is 0.0729 e. The smallest absolute Gasteiger partial charge is 0.0729 e. The molecule has 0 aromatic rings. The van der Waals surface area contributed by atoms with Crippen LogP contribution >= 0.6 is 0 Å². The molecule has 1 N–H and O–H groups in total. The average molecular weight is 194 g/mol. The SMILES string of the molecule is CC1(C)CCC2(CC=CCC2)C1(C)O. The molecule has 1 heteroatoms. The summed E-state index contributed by atoms with van der Waals surface area (Å²) < 4.78 is 0. The molecular formula is C13H22O. The van der Waals surface area contributed by atoms with Crippen LogP contribution in [0, 0.1) is 10.8 Å². The summed E-state index contributed by atoms with van der Waals surface area (Å²) in [5, 5.41) is 10.8. The molecule has 0 aromatic carbocycles. The predicted octanol–water partition coefficient (Wildman–Crippen LogP) is 3.28. The van der Waals surface area contributed by atoms with Crippen LogP contribution in [0.15, 0.2) is 12.2 Å². The van der Waals surface area contributed by atoms with E-state index >= 15 is 0 Å². The van der Waals surface area contributed by atoms with Crippen molar-refractivity contribution in [1.82, 2.24) is 0 Å². The Labute approximate surface area is 87.2 Å². The second-order valence-electron chi connectivity index (χ2n) is 5.95. The molecule has 0 amide bonds. The van der Waals surface area contributed by atoms with Crippen molar-refractivity contribution >= 4 is 0 Å². The van der Waals surface area contributed by atoms with E-state index in [1.807, 2.05) is 0 Å². The first kappa shape index (κ1) is 10.2. The van der Waals surface area contributed by atoms with Crippen LogP contribution in [-0.2, 0) is 0 Å². The highest BCUT2D eigenvalue weighted by molar-refractivity contribution is 5.14. The minimum Gasteiger partial charge on any atom is -0.389 e. The second-order valence-corrected chi connectivity index (χ2v) is 5.95. The summed E-state index contributed by atoms with van der Waals surface area (Å²) in [6.07, 6.45) is 10.3. The Morgan fingerprint density at radius 1 is 1.00 bits per heavy atom. The minimum absolute atomic E-state index is 0.0815. The first-order chi connectivity index (χ1) is 6.41. The largest absolute Gasteiger partial charge is 0.389 e. The lowest BCUT2D eigenvalue weighted by atomic mass is 9.62. The highest BCUT2D eigenvalue weighted by atomic mass is 16.3. The first-order valence-corrected chi connectivity index (χ1v) is 5.79. The van der Waals surface area contributed by atoms with Crippen molar-refractivity contribution in [2.45, 2.75) is 58.5 Å². The number of rotatable bonds is 0. The summed E-state index contributed by atoms with van der Waals surface area (Å²) in [6, 6.07) is 0. The predicted molar refractivity (Wildman–Crippen MR) is 59.1 cm³/mol. The summed E-state index contributed by atoms with van der Waals surface area (Å²) in [4.78, 5) is 0. The minimum atomic E-state index is -0.495. The Bertz CT molecular complexity index is 262. The molecule has 1 nitrogen and oxygen atoms in total. The number of hydrogen-bond donors (Lipinski definition) is 1. The third-order valence-electron chi connectivity index (χ3n) is 5.04. The molecule has 2 atom stereocenters. The van der Waals surface area contributed by atoms with Gasteiger partial charge < -0.3 is 5.11 Å². The molecule has 0 saturated heterocycles.